The van der Waals surface area contributed by atoms with Gasteiger partial charge in [-0.2, -0.15) is 0 Å². The average Bonchev–Trinajstić information content (AvgIpc) is 3.35. The molecule has 0 aliphatic rings. The Morgan fingerprint density at radius 1 is 1.00 bits per heavy atom. The minimum atomic E-state index is 1.03. The van der Waals surface area contributed by atoms with Crippen LogP contribution in [0.3, 0.4) is 0 Å². The van der Waals surface area contributed by atoms with Gasteiger partial charge in [-0.25, -0.2) is 9.97 Å². The number of hydrogen-bond donors (Lipinski definition) is 0. The third-order valence-corrected chi connectivity index (χ3v) is 6.32. The molecule has 5 heteroatoms. The van der Waals surface area contributed by atoms with E-state index in [9.17, 15) is 0 Å². The molecule has 4 rings (SSSR count). The molecule has 0 atom stereocenters. The van der Waals surface area contributed by atoms with Crippen molar-refractivity contribution in [3.63, 3.8) is 0 Å². The number of hydrogen-bond acceptors (Lipinski definition) is 4. The zero-order valence-corrected chi connectivity index (χ0v) is 16.9. The summed E-state index contributed by atoms with van der Waals surface area (Å²) in [7, 11) is 0. The summed E-state index contributed by atoms with van der Waals surface area (Å²) in [5.74, 6) is 0. The molecule has 134 valence electrons. The Hall–Kier alpha value is -1.98. The van der Waals surface area contributed by atoms with Crippen LogP contribution in [0.25, 0.3) is 26.9 Å². The number of thiazole rings is 2. The number of aryl methyl sites for hydroxylation is 2. The Kier molecular flexibility index (Phi) is 5.18. The van der Waals surface area contributed by atoms with Gasteiger partial charge in [-0.1, -0.05) is 50.5 Å². The number of unbranched alkanes of at least 4 members (excludes halogenated alkanes) is 3. The maximum absolute atomic E-state index is 4.89. The van der Waals surface area contributed by atoms with E-state index in [4.69, 9.17) is 4.98 Å². The lowest BCUT2D eigenvalue weighted by Crippen LogP contribution is -1.88. The molecule has 0 N–H and O–H groups in total. The molecule has 1 aromatic carbocycles. The highest BCUT2D eigenvalue weighted by Gasteiger charge is 2.15. The second-order valence-corrected chi connectivity index (χ2v) is 8.38. The van der Waals surface area contributed by atoms with E-state index < -0.39 is 0 Å². The summed E-state index contributed by atoms with van der Waals surface area (Å²) in [5.41, 5.74) is 5.82. The van der Waals surface area contributed by atoms with Gasteiger partial charge in [-0.05, 0) is 25.3 Å². The first kappa shape index (κ1) is 17.4. The molecular weight excluding hydrogens is 358 g/mol. The zero-order chi connectivity index (χ0) is 17.9. The predicted molar refractivity (Wildman–Crippen MR) is 112 cm³/mol. The summed E-state index contributed by atoms with van der Waals surface area (Å²) in [6.07, 6.45) is 8.49. The van der Waals surface area contributed by atoms with E-state index in [1.807, 2.05) is 0 Å². The van der Waals surface area contributed by atoms with Gasteiger partial charge in [0.15, 0.2) is 4.96 Å². The summed E-state index contributed by atoms with van der Waals surface area (Å²) in [6, 6.07) is 8.91. The predicted octanol–water partition coefficient (Wildman–Crippen LogP) is 6.62. The van der Waals surface area contributed by atoms with Crippen LogP contribution in [0, 0.1) is 6.92 Å². The van der Waals surface area contributed by atoms with Crippen molar-refractivity contribution in [1.29, 1.82) is 0 Å². The number of benzene rings is 1. The van der Waals surface area contributed by atoms with Gasteiger partial charge in [0.25, 0.3) is 0 Å². The van der Waals surface area contributed by atoms with Gasteiger partial charge in [0.2, 0.25) is 0 Å². The zero-order valence-electron chi connectivity index (χ0n) is 15.2. The van der Waals surface area contributed by atoms with Gasteiger partial charge in [0.1, 0.15) is 10.7 Å². The van der Waals surface area contributed by atoms with E-state index in [0.717, 1.165) is 27.1 Å². The molecule has 0 saturated heterocycles. The van der Waals surface area contributed by atoms with Crippen LogP contribution in [0.2, 0.25) is 0 Å². The quantitative estimate of drug-likeness (QED) is 0.337. The van der Waals surface area contributed by atoms with E-state index in [-0.39, 0.29) is 0 Å². The molecule has 3 nitrogen and oxygen atoms in total. The number of rotatable bonds is 7. The molecule has 26 heavy (non-hydrogen) atoms. The van der Waals surface area contributed by atoms with E-state index in [2.05, 4.69) is 64.5 Å². The van der Waals surface area contributed by atoms with Crippen LogP contribution in [0.4, 0.5) is 0 Å². The van der Waals surface area contributed by atoms with E-state index >= 15 is 0 Å². The fraction of sp³-hybridized carbons (Fsp3) is 0.333. The first-order chi connectivity index (χ1) is 12.8. The van der Waals surface area contributed by atoms with Crippen LogP contribution in [0.15, 0.2) is 41.2 Å². The molecule has 0 aliphatic carbocycles. The Morgan fingerprint density at radius 2 is 1.85 bits per heavy atom. The second-order valence-electron chi connectivity index (χ2n) is 6.65. The fourth-order valence-corrected chi connectivity index (χ4v) is 4.95. The summed E-state index contributed by atoms with van der Waals surface area (Å²) < 4.78 is 2.14. The monoisotopic (exact) mass is 381 g/mol. The van der Waals surface area contributed by atoms with Crippen molar-refractivity contribution in [2.75, 3.05) is 0 Å². The smallest absolute Gasteiger partial charge is 0.194 e. The van der Waals surface area contributed by atoms with Crippen molar-refractivity contribution in [2.24, 2.45) is 0 Å². The molecule has 3 heterocycles. The van der Waals surface area contributed by atoms with E-state index in [0.29, 0.717) is 0 Å². The third kappa shape index (κ3) is 3.46. The number of fused-ring (bicyclic) bond motifs is 1. The lowest BCUT2D eigenvalue weighted by atomic mass is 10.0. The van der Waals surface area contributed by atoms with Crippen molar-refractivity contribution in [2.45, 2.75) is 46.0 Å². The van der Waals surface area contributed by atoms with Crippen molar-refractivity contribution in [1.82, 2.24) is 14.4 Å². The van der Waals surface area contributed by atoms with E-state index in [1.54, 1.807) is 22.7 Å². The van der Waals surface area contributed by atoms with E-state index in [1.165, 1.54) is 43.2 Å². The first-order valence-corrected chi connectivity index (χ1v) is 11.0. The second kappa shape index (κ2) is 7.72. The van der Waals surface area contributed by atoms with Gasteiger partial charge in [-0.3, -0.25) is 4.40 Å². The highest BCUT2D eigenvalue weighted by Crippen LogP contribution is 2.32. The van der Waals surface area contributed by atoms with Crippen molar-refractivity contribution in [3.05, 3.63) is 52.5 Å². The molecule has 0 aliphatic heterocycles. The Bertz CT molecular complexity index is 992. The standard InChI is InChI=1S/C21H23N3S2/c1-3-4-5-6-7-16-8-10-17(11-9-16)18-14-26-20(23-18)19-15(2)22-21-24(19)12-13-25-21/h8-14H,3-7H2,1-2H3. The molecule has 0 radical (unpaired) electrons. The van der Waals surface area contributed by atoms with Crippen molar-refractivity contribution < 1.29 is 0 Å². The van der Waals surface area contributed by atoms with Gasteiger partial charge in [-0.15, -0.1) is 22.7 Å². The summed E-state index contributed by atoms with van der Waals surface area (Å²) >= 11 is 3.35. The van der Waals surface area contributed by atoms with Crippen LogP contribution in [-0.2, 0) is 6.42 Å². The average molecular weight is 382 g/mol. The Morgan fingerprint density at radius 3 is 2.65 bits per heavy atom. The first-order valence-electron chi connectivity index (χ1n) is 9.23. The molecule has 0 bridgehead atoms. The lowest BCUT2D eigenvalue weighted by Gasteiger charge is -2.03. The molecule has 4 aromatic rings. The molecule has 0 saturated carbocycles. The van der Waals surface area contributed by atoms with Crippen LogP contribution in [0.5, 0.6) is 0 Å². The molecule has 0 fully saturated rings. The van der Waals surface area contributed by atoms with Crippen LogP contribution in [-0.4, -0.2) is 14.4 Å². The minimum Gasteiger partial charge on any atom is -0.288 e. The fourth-order valence-electron chi connectivity index (χ4n) is 3.26. The van der Waals surface area contributed by atoms with Crippen LogP contribution in [0.1, 0.15) is 43.9 Å². The highest BCUT2D eigenvalue weighted by atomic mass is 32.1. The van der Waals surface area contributed by atoms with Gasteiger partial charge < -0.3 is 0 Å². The maximum atomic E-state index is 4.89. The van der Waals surface area contributed by atoms with Crippen molar-refractivity contribution >= 4 is 27.6 Å². The van der Waals surface area contributed by atoms with Crippen LogP contribution < -0.4 is 0 Å². The lowest BCUT2D eigenvalue weighted by molar-refractivity contribution is 0.667. The summed E-state index contributed by atoms with van der Waals surface area (Å²) in [5, 5.41) is 5.25. The van der Waals surface area contributed by atoms with Gasteiger partial charge in [0.05, 0.1) is 11.4 Å². The molecule has 0 amide bonds. The molecule has 0 unspecified atom stereocenters. The largest absolute Gasteiger partial charge is 0.288 e. The topological polar surface area (TPSA) is 30.2 Å². The van der Waals surface area contributed by atoms with Crippen LogP contribution >= 0.6 is 22.7 Å². The summed E-state index contributed by atoms with van der Waals surface area (Å²) in [6.45, 7) is 4.31. The van der Waals surface area contributed by atoms with Crippen molar-refractivity contribution in [3.8, 4) is 22.0 Å². The number of imidazole rings is 1. The normalized spacial score (nSPS) is 11.5. The maximum Gasteiger partial charge on any atom is 0.194 e. The highest BCUT2D eigenvalue weighted by molar-refractivity contribution is 7.15. The molecule has 0 spiro atoms. The number of aromatic nitrogens is 3. The third-order valence-electron chi connectivity index (χ3n) is 4.71. The SMILES string of the molecule is CCCCCCc1ccc(-c2csc(-c3c(C)nc4sccn34)n2)cc1. The minimum absolute atomic E-state index is 1.03. The Labute approximate surface area is 162 Å². The van der Waals surface area contributed by atoms with Gasteiger partial charge in [0, 0.05) is 22.5 Å². The molecular formula is C21H23N3S2. The number of nitrogens with zero attached hydrogens (tertiary/aromatic N) is 3. The Balaban J connectivity index is 1.53. The summed E-state index contributed by atoms with van der Waals surface area (Å²) in [4.78, 5) is 10.6. The van der Waals surface area contributed by atoms with Gasteiger partial charge >= 0.3 is 0 Å². The molecule has 3 aromatic heterocycles.